The second-order valence-electron chi connectivity index (χ2n) is 5.75. The molecule has 0 aromatic heterocycles. The Kier molecular flexibility index (Phi) is 19.4. The summed E-state index contributed by atoms with van der Waals surface area (Å²) in [6, 6.07) is -0.804. The van der Waals surface area contributed by atoms with E-state index in [-0.39, 0.29) is 48.3 Å². The zero-order chi connectivity index (χ0) is 16.6. The molecule has 0 saturated carbocycles. The van der Waals surface area contributed by atoms with Crippen LogP contribution in [0.1, 0.15) is 84.0 Å². The van der Waals surface area contributed by atoms with E-state index in [1.165, 1.54) is 38.5 Å². The zero-order valence-electron chi connectivity index (χ0n) is 14.7. The van der Waals surface area contributed by atoms with Gasteiger partial charge in [-0.2, -0.15) is 0 Å². The Morgan fingerprint density at radius 3 is 1.96 bits per heavy atom. The maximum Gasteiger partial charge on any atom is 1.00 e. The molecule has 0 aliphatic heterocycles. The summed E-state index contributed by atoms with van der Waals surface area (Å²) in [6.07, 6.45) is 12.7. The van der Waals surface area contributed by atoms with E-state index in [0.717, 1.165) is 19.3 Å². The van der Waals surface area contributed by atoms with Gasteiger partial charge in [-0.25, -0.2) is 6.29 Å². The molecule has 23 heavy (non-hydrogen) atoms. The molecule has 128 valence electrons. The first-order chi connectivity index (χ1) is 10.6. The Morgan fingerprint density at radius 1 is 0.957 bits per heavy atom. The van der Waals surface area contributed by atoms with Crippen LogP contribution in [0.4, 0.5) is 0 Å². The standard InChI is InChI=1S/C17H30NO4.Na/c1-2-3-4-5-6-7-8-9-10-11-16(20)18-15(14-19)12-13-17(21)22;/h15H,2-13H2,1H3,(H,18,20)(H,21,22);/q-1;+1. The average Bonchev–Trinajstić information content (AvgIpc) is 2.49. The van der Waals surface area contributed by atoms with E-state index in [1.807, 2.05) is 0 Å². The van der Waals surface area contributed by atoms with E-state index in [9.17, 15) is 14.4 Å². The molecule has 0 fully saturated rings. The Hall–Kier alpha value is -0.390. The first-order valence-corrected chi connectivity index (χ1v) is 8.49. The van der Waals surface area contributed by atoms with E-state index in [0.29, 0.717) is 6.42 Å². The molecule has 0 spiro atoms. The molecule has 6 heteroatoms. The maximum atomic E-state index is 11.6. The fraction of sp³-hybridized carbons (Fsp3) is 0.824. The normalized spacial score (nSPS) is 11.3. The first kappa shape index (κ1) is 24.9. The van der Waals surface area contributed by atoms with Gasteiger partial charge in [0.2, 0.25) is 5.91 Å². The fourth-order valence-electron chi connectivity index (χ4n) is 2.29. The van der Waals surface area contributed by atoms with Crippen LogP contribution in [0.15, 0.2) is 0 Å². The van der Waals surface area contributed by atoms with Gasteiger partial charge in [0.15, 0.2) is 0 Å². The van der Waals surface area contributed by atoms with E-state index >= 15 is 0 Å². The molecule has 1 unspecified atom stereocenters. The predicted octanol–water partition coefficient (Wildman–Crippen LogP) is 0.371. The molecular weight excluding hydrogens is 305 g/mol. The summed E-state index contributed by atoms with van der Waals surface area (Å²) >= 11 is 0. The zero-order valence-corrected chi connectivity index (χ0v) is 16.7. The van der Waals surface area contributed by atoms with Crippen molar-refractivity contribution in [3.05, 3.63) is 0 Å². The predicted molar refractivity (Wildman–Crippen MR) is 86.3 cm³/mol. The monoisotopic (exact) mass is 335 g/mol. The molecule has 0 saturated heterocycles. The van der Waals surface area contributed by atoms with Crippen LogP contribution in [-0.2, 0) is 14.4 Å². The van der Waals surface area contributed by atoms with Gasteiger partial charge in [0, 0.05) is 12.8 Å². The Bertz CT molecular complexity index is 324. The summed E-state index contributed by atoms with van der Waals surface area (Å²) in [5, 5.41) is 11.1. The van der Waals surface area contributed by atoms with Crippen molar-refractivity contribution in [1.29, 1.82) is 0 Å². The van der Waals surface area contributed by atoms with Crippen molar-refractivity contribution in [2.45, 2.75) is 90.0 Å². The number of hydrogen-bond donors (Lipinski definition) is 2. The number of carbonyl (C=O) groups excluding carboxylic acids is 2. The third kappa shape index (κ3) is 17.8. The SMILES string of the molecule is CCCCCCCCCCCC(=O)NC([C-]=O)CCC(=O)O.[Na+]. The Balaban J connectivity index is 0. The first-order valence-electron chi connectivity index (χ1n) is 8.49. The molecule has 0 aliphatic carbocycles. The molecule has 0 aromatic carbocycles. The second kappa shape index (κ2) is 18.0. The van der Waals surface area contributed by atoms with Crippen LogP contribution in [0.3, 0.4) is 0 Å². The largest absolute Gasteiger partial charge is 1.00 e. The molecule has 0 rings (SSSR count). The molecule has 2 N–H and O–H groups in total. The van der Waals surface area contributed by atoms with Gasteiger partial charge in [0.25, 0.3) is 0 Å². The van der Waals surface area contributed by atoms with Gasteiger partial charge in [-0.3, -0.25) is 9.59 Å². The van der Waals surface area contributed by atoms with E-state index in [4.69, 9.17) is 5.11 Å². The minimum atomic E-state index is -0.978. The van der Waals surface area contributed by atoms with Crippen LogP contribution >= 0.6 is 0 Å². The molecule has 0 aromatic rings. The van der Waals surface area contributed by atoms with Gasteiger partial charge in [-0.1, -0.05) is 64.3 Å². The van der Waals surface area contributed by atoms with Crippen molar-refractivity contribution >= 4 is 18.2 Å². The summed E-state index contributed by atoms with van der Waals surface area (Å²) < 4.78 is 0. The van der Waals surface area contributed by atoms with Crippen LogP contribution in [-0.4, -0.2) is 29.3 Å². The molecule has 0 heterocycles. The fourth-order valence-corrected chi connectivity index (χ4v) is 2.29. The van der Waals surface area contributed by atoms with Gasteiger partial charge in [-0.15, -0.1) is 0 Å². The molecular formula is C17H30NNaO4. The average molecular weight is 335 g/mol. The van der Waals surface area contributed by atoms with E-state index < -0.39 is 12.0 Å². The van der Waals surface area contributed by atoms with Crippen molar-refractivity contribution in [3.8, 4) is 0 Å². The number of rotatable bonds is 15. The summed E-state index contributed by atoms with van der Waals surface area (Å²) in [4.78, 5) is 32.7. The van der Waals surface area contributed by atoms with Gasteiger partial charge in [0.05, 0.1) is 0 Å². The number of carbonyl (C=O) groups is 2. The molecule has 5 nitrogen and oxygen atoms in total. The Labute approximate surface area is 162 Å². The topological polar surface area (TPSA) is 83.5 Å². The maximum absolute atomic E-state index is 11.6. The van der Waals surface area contributed by atoms with Crippen molar-refractivity contribution in [2.24, 2.45) is 0 Å². The number of aliphatic carboxylic acids is 1. The summed E-state index contributed by atoms with van der Waals surface area (Å²) in [6.45, 7) is 2.21. The molecule has 1 amide bonds. The van der Waals surface area contributed by atoms with Crippen molar-refractivity contribution in [3.63, 3.8) is 0 Å². The molecule has 0 radical (unpaired) electrons. The third-order valence-electron chi connectivity index (χ3n) is 3.63. The smallest absolute Gasteiger partial charge is 0.540 e. The number of unbranched alkanes of at least 4 members (excludes halogenated alkanes) is 8. The summed E-state index contributed by atoms with van der Waals surface area (Å²) in [5.41, 5.74) is 0. The number of amides is 1. The number of nitrogens with one attached hydrogen (secondary N) is 1. The quantitative estimate of drug-likeness (QED) is 0.257. The Morgan fingerprint density at radius 2 is 1.48 bits per heavy atom. The summed E-state index contributed by atoms with van der Waals surface area (Å²) in [5.74, 6) is -1.17. The third-order valence-corrected chi connectivity index (χ3v) is 3.63. The molecule has 1 atom stereocenters. The van der Waals surface area contributed by atoms with Crippen LogP contribution in [0.25, 0.3) is 0 Å². The van der Waals surface area contributed by atoms with Crippen molar-refractivity contribution < 1.29 is 49.0 Å². The molecule has 0 aliphatic rings. The van der Waals surface area contributed by atoms with Crippen molar-refractivity contribution in [2.75, 3.05) is 0 Å². The van der Waals surface area contributed by atoms with Gasteiger partial charge < -0.3 is 15.2 Å². The number of carboxylic acid groups (broad SMARTS) is 1. The van der Waals surface area contributed by atoms with Crippen LogP contribution in [0, 0.1) is 0 Å². The van der Waals surface area contributed by atoms with Crippen LogP contribution < -0.4 is 34.9 Å². The van der Waals surface area contributed by atoms with E-state index in [1.54, 1.807) is 6.29 Å². The van der Waals surface area contributed by atoms with Crippen LogP contribution in [0.2, 0.25) is 0 Å². The van der Waals surface area contributed by atoms with Gasteiger partial charge in [0.1, 0.15) is 0 Å². The minimum Gasteiger partial charge on any atom is -0.540 e. The van der Waals surface area contributed by atoms with Gasteiger partial charge in [-0.05, 0) is 12.8 Å². The summed E-state index contributed by atoms with van der Waals surface area (Å²) in [7, 11) is 0. The van der Waals surface area contributed by atoms with Gasteiger partial charge >= 0.3 is 35.5 Å². The van der Waals surface area contributed by atoms with E-state index in [2.05, 4.69) is 12.2 Å². The van der Waals surface area contributed by atoms with Crippen molar-refractivity contribution in [1.82, 2.24) is 5.32 Å². The number of hydrogen-bond acceptors (Lipinski definition) is 3. The minimum absolute atomic E-state index is 0. The second-order valence-corrected chi connectivity index (χ2v) is 5.75. The van der Waals surface area contributed by atoms with Crippen LogP contribution in [0.5, 0.6) is 0 Å². The molecule has 0 bridgehead atoms. The number of carboxylic acids is 1.